The lowest BCUT2D eigenvalue weighted by molar-refractivity contribution is -0.114. The number of unbranched alkanes of at least 4 members (excludes halogenated alkanes) is 21. The lowest BCUT2D eigenvalue weighted by Crippen LogP contribution is -2.34. The Kier molecular flexibility index (Phi) is 23.7. The fourth-order valence-electron chi connectivity index (χ4n) is 11.9. The molecule has 4 heterocycles. The predicted molar refractivity (Wildman–Crippen MR) is 306 cm³/mol. The first kappa shape index (κ1) is 57.2. The summed E-state index contributed by atoms with van der Waals surface area (Å²) in [5, 5.41) is 0. The number of fused-ring (bicyclic) bond motifs is 3. The molecule has 0 fully saturated rings. The van der Waals surface area contributed by atoms with E-state index in [9.17, 15) is 9.59 Å². The Hall–Kier alpha value is -4.04. The van der Waals surface area contributed by atoms with E-state index in [1.165, 1.54) is 151 Å². The van der Waals surface area contributed by atoms with Crippen molar-refractivity contribution in [2.24, 2.45) is 11.8 Å². The van der Waals surface area contributed by atoms with E-state index in [4.69, 9.17) is 0 Å². The smallest absolute Gasteiger partial charge is 0.263 e. The molecule has 0 spiro atoms. The third-order valence-corrected chi connectivity index (χ3v) is 17.3. The zero-order valence-electron chi connectivity index (χ0n) is 46.3. The summed E-state index contributed by atoms with van der Waals surface area (Å²) in [6.07, 6.45) is 35.4. The molecule has 3 aliphatic heterocycles. The summed E-state index contributed by atoms with van der Waals surface area (Å²) >= 11 is 1.51. The Morgan fingerprint density at radius 3 is 1.28 bits per heavy atom. The van der Waals surface area contributed by atoms with E-state index in [0.717, 1.165) is 101 Å². The maximum atomic E-state index is 15.7. The Labute approximate surface area is 441 Å². The average Bonchev–Trinajstić information content (AvgIpc) is 4.03. The zero-order valence-corrected chi connectivity index (χ0v) is 47.2. The molecule has 0 radical (unpaired) electrons. The van der Waals surface area contributed by atoms with E-state index in [1.807, 2.05) is 28.9 Å². The van der Waals surface area contributed by atoms with Crippen molar-refractivity contribution in [1.82, 2.24) is 4.90 Å². The first-order chi connectivity index (χ1) is 35.1. The van der Waals surface area contributed by atoms with Crippen LogP contribution in [0.1, 0.15) is 270 Å². The first-order valence-corrected chi connectivity index (χ1v) is 30.5. The molecule has 0 bridgehead atoms. The van der Waals surface area contributed by atoms with Gasteiger partial charge in [-0.25, -0.2) is 0 Å². The monoisotopic (exact) mass is 1000 g/mol. The molecule has 3 aromatic rings. The number of hydrogen-bond donors (Lipinski definition) is 0. The largest absolute Gasteiger partial charge is 0.307 e. The van der Waals surface area contributed by atoms with E-state index in [0.29, 0.717) is 53.7 Å². The standard InChI is InChI=1S/C64H95N3O4S/c1-8-13-18-23-26-31-36-49(34-29-21-16-11-4)45-66-54-43-47(6)38-40-52(54)57(62(66)69)58-53-41-39-51(60-59-56(48(7)72-60)61(68)65(64(59)71)42-33-28-25-20-15-10-3)44-55(53)67(63(58)70)46-50(35-30-22-17-12-5)37-32-27-24-19-14-9-2/h38-41,43-44,49-50H,8-37,42,45-46H2,1-7H3/b58-57+. The third kappa shape index (κ3) is 14.6. The van der Waals surface area contributed by atoms with Crippen LogP contribution in [0.4, 0.5) is 11.4 Å². The van der Waals surface area contributed by atoms with Crippen molar-refractivity contribution in [2.75, 3.05) is 29.4 Å². The molecule has 4 amide bonds. The molecule has 2 unspecified atom stereocenters. The van der Waals surface area contributed by atoms with Crippen molar-refractivity contribution in [1.29, 1.82) is 0 Å². The van der Waals surface area contributed by atoms with Gasteiger partial charge in [-0.05, 0) is 81.0 Å². The van der Waals surface area contributed by atoms with Gasteiger partial charge in [0, 0.05) is 40.5 Å². The average molecular weight is 1000 g/mol. The number of carbonyl (C=O) groups excluding carboxylic acids is 4. The summed E-state index contributed by atoms with van der Waals surface area (Å²) in [5.41, 5.74) is 7.46. The summed E-state index contributed by atoms with van der Waals surface area (Å²) in [6, 6.07) is 12.5. The Bertz CT molecular complexity index is 2270. The highest BCUT2D eigenvalue weighted by atomic mass is 32.1. The van der Waals surface area contributed by atoms with Gasteiger partial charge < -0.3 is 9.80 Å². The fraction of sp³-hybridized carbons (Fsp3) is 0.656. The van der Waals surface area contributed by atoms with Crippen LogP contribution in [0.25, 0.3) is 21.6 Å². The number of imide groups is 1. The first-order valence-electron chi connectivity index (χ1n) is 29.7. The van der Waals surface area contributed by atoms with Crippen LogP contribution in [0.2, 0.25) is 0 Å². The molecular formula is C64H95N3O4S. The Morgan fingerprint density at radius 2 is 0.806 bits per heavy atom. The molecule has 3 aliphatic rings. The molecule has 6 rings (SSSR count). The minimum absolute atomic E-state index is 0.0539. The normalized spacial score (nSPS) is 16.2. The third-order valence-electron chi connectivity index (χ3n) is 16.2. The number of thiophene rings is 1. The maximum Gasteiger partial charge on any atom is 0.263 e. The van der Waals surface area contributed by atoms with E-state index in [1.54, 1.807) is 0 Å². The second-order valence-electron chi connectivity index (χ2n) is 22.1. The topological polar surface area (TPSA) is 78.0 Å². The second kappa shape index (κ2) is 29.7. The van der Waals surface area contributed by atoms with Crippen molar-refractivity contribution < 1.29 is 19.2 Å². The molecule has 0 N–H and O–H groups in total. The lowest BCUT2D eigenvalue weighted by atomic mass is 9.93. The van der Waals surface area contributed by atoms with Gasteiger partial charge in [0.15, 0.2) is 0 Å². The molecule has 8 heteroatoms. The molecule has 2 aromatic carbocycles. The summed E-state index contributed by atoms with van der Waals surface area (Å²) in [7, 11) is 0. The molecular weight excluding hydrogens is 907 g/mol. The van der Waals surface area contributed by atoms with Crippen LogP contribution in [0, 0.1) is 25.7 Å². The molecule has 0 saturated heterocycles. The van der Waals surface area contributed by atoms with Gasteiger partial charge in [0.1, 0.15) is 0 Å². The number of amides is 4. The van der Waals surface area contributed by atoms with Crippen molar-refractivity contribution in [3.63, 3.8) is 0 Å². The molecule has 0 saturated carbocycles. The van der Waals surface area contributed by atoms with Crippen LogP contribution in [0.15, 0.2) is 36.4 Å². The minimum Gasteiger partial charge on any atom is -0.307 e. The highest BCUT2D eigenvalue weighted by Crippen LogP contribution is 2.50. The van der Waals surface area contributed by atoms with Crippen molar-refractivity contribution in [3.05, 3.63) is 69.1 Å². The quantitative estimate of drug-likeness (QED) is 0.0330. The van der Waals surface area contributed by atoms with Gasteiger partial charge in [-0.1, -0.05) is 219 Å². The van der Waals surface area contributed by atoms with Gasteiger partial charge in [0.25, 0.3) is 23.6 Å². The van der Waals surface area contributed by atoms with E-state index in [2.05, 4.69) is 65.8 Å². The molecule has 72 heavy (non-hydrogen) atoms. The number of rotatable bonds is 36. The van der Waals surface area contributed by atoms with Crippen LogP contribution in [-0.4, -0.2) is 48.2 Å². The SMILES string of the molecule is CCCCCCCCC(CCCCCC)CN1C(=O)/C(=C2/C(=O)N(CC(CCCCCC)CCCCCCCC)c3cc(-c4sc(C)c5c4C(=O)N(CCCCCCCC)C5=O)ccc32)c2ccc(C)cc21. The predicted octanol–water partition coefficient (Wildman–Crippen LogP) is 18.3. The fourth-order valence-corrected chi connectivity index (χ4v) is 13.0. The highest BCUT2D eigenvalue weighted by molar-refractivity contribution is 7.16. The number of anilines is 2. The lowest BCUT2D eigenvalue weighted by Gasteiger charge is -2.25. The van der Waals surface area contributed by atoms with Crippen molar-refractivity contribution >= 4 is 57.5 Å². The summed E-state index contributed by atoms with van der Waals surface area (Å²) in [4.78, 5) is 66.6. The second-order valence-corrected chi connectivity index (χ2v) is 23.4. The van der Waals surface area contributed by atoms with Crippen molar-refractivity contribution in [3.8, 4) is 10.4 Å². The molecule has 2 atom stereocenters. The number of nitrogens with zero attached hydrogens (tertiary/aromatic N) is 3. The van der Waals surface area contributed by atoms with Gasteiger partial charge >= 0.3 is 0 Å². The van der Waals surface area contributed by atoms with Crippen molar-refractivity contribution in [2.45, 2.75) is 241 Å². The molecule has 1 aromatic heterocycles. The number of benzene rings is 2. The van der Waals surface area contributed by atoms with E-state index >= 15 is 9.59 Å². The van der Waals surface area contributed by atoms with Crippen LogP contribution in [0.5, 0.6) is 0 Å². The van der Waals surface area contributed by atoms with Gasteiger partial charge in [-0.15, -0.1) is 11.3 Å². The number of aryl methyl sites for hydroxylation is 2. The molecule has 7 nitrogen and oxygen atoms in total. The Morgan fingerprint density at radius 1 is 0.417 bits per heavy atom. The zero-order chi connectivity index (χ0) is 51.4. The highest BCUT2D eigenvalue weighted by Gasteiger charge is 2.45. The van der Waals surface area contributed by atoms with Gasteiger partial charge in [-0.3, -0.25) is 24.1 Å². The van der Waals surface area contributed by atoms with Crippen LogP contribution < -0.4 is 9.80 Å². The molecule has 396 valence electrons. The van der Waals surface area contributed by atoms with Crippen LogP contribution in [0.3, 0.4) is 0 Å². The number of hydrogen-bond acceptors (Lipinski definition) is 5. The Balaban J connectivity index is 1.39. The summed E-state index contributed by atoms with van der Waals surface area (Å²) in [5.74, 6) is 0.191. The number of carbonyl (C=O) groups is 4. The van der Waals surface area contributed by atoms with Gasteiger partial charge in [0.05, 0.1) is 33.6 Å². The minimum atomic E-state index is -0.200. The summed E-state index contributed by atoms with van der Waals surface area (Å²) < 4.78 is 0. The van der Waals surface area contributed by atoms with Crippen LogP contribution >= 0.6 is 11.3 Å². The van der Waals surface area contributed by atoms with E-state index < -0.39 is 0 Å². The summed E-state index contributed by atoms with van der Waals surface area (Å²) in [6.45, 7) is 17.0. The van der Waals surface area contributed by atoms with Gasteiger partial charge in [-0.2, -0.15) is 0 Å². The van der Waals surface area contributed by atoms with E-state index in [-0.39, 0.29) is 23.6 Å². The molecule has 0 aliphatic carbocycles. The van der Waals surface area contributed by atoms with Gasteiger partial charge in [0.2, 0.25) is 0 Å². The van der Waals surface area contributed by atoms with Crippen LogP contribution in [-0.2, 0) is 9.59 Å². The maximum absolute atomic E-state index is 15.7.